The van der Waals surface area contributed by atoms with Gasteiger partial charge in [-0.15, -0.1) is 0 Å². The highest BCUT2D eigenvalue weighted by Crippen LogP contribution is 2.71. The summed E-state index contributed by atoms with van der Waals surface area (Å²) in [4.78, 5) is 26.9. The topological polar surface area (TPSA) is 207 Å². The zero-order valence-electron chi connectivity index (χ0n) is 39.5. The maximum Gasteiger partial charge on any atom is 0.338 e. The molecule has 8 rings (SSSR count). The Kier molecular flexibility index (Phi) is 14.4. The van der Waals surface area contributed by atoms with Crippen LogP contribution < -0.4 is 0 Å². The minimum atomic E-state index is -1.63. The van der Waals surface area contributed by atoms with Crippen LogP contribution in [0.25, 0.3) is 0 Å². The van der Waals surface area contributed by atoms with Gasteiger partial charge >= 0.3 is 5.97 Å². The number of carbonyl (C=O) groups is 2. The van der Waals surface area contributed by atoms with E-state index in [0.29, 0.717) is 50.5 Å². The number of ketones is 1. The van der Waals surface area contributed by atoms with Gasteiger partial charge in [-0.2, -0.15) is 0 Å². The summed E-state index contributed by atoms with van der Waals surface area (Å²) in [6, 6.07) is 8.79. The minimum absolute atomic E-state index is 0.0700. The summed E-state index contributed by atoms with van der Waals surface area (Å²) >= 11 is 0. The standard InChI is InChI=1S/C49H74O16/c1-25(50)32-17-20-49(55)47(32,6)36(63-44(53)29-13-11-10-12-14-29)24-35-46(5)18-16-31(21-30(46)15-19-48(35,49)54)62-37-22-33(56-7)41(27(3)59-37)64-38-23-34(57-8)42(28(4)60-38)65-45-40(52)43(58-9)39(51)26(2)61-45/h10-14,26-28,30-43,45,51-52,54-55H,15-24H2,1-9H3/t26-,27-,28-,30-,31+,32-,33+,34+,35-,36-,37+,38+,39-,40-,41-,42-,43+,45+,46+,47+,48+,49-/m1/s1. The molecule has 4 N–H and O–H groups in total. The Bertz CT molecular complexity index is 1820. The molecule has 1 aromatic carbocycles. The van der Waals surface area contributed by atoms with Gasteiger partial charge in [0.15, 0.2) is 18.9 Å². The predicted octanol–water partition coefficient (Wildman–Crippen LogP) is 4.24. The van der Waals surface area contributed by atoms with E-state index in [9.17, 15) is 30.0 Å². The quantitative estimate of drug-likeness (QED) is 0.171. The van der Waals surface area contributed by atoms with E-state index in [1.807, 2.05) is 26.8 Å². The molecule has 16 nitrogen and oxygen atoms in total. The van der Waals surface area contributed by atoms with Crippen LogP contribution in [0.2, 0.25) is 0 Å². The van der Waals surface area contributed by atoms with Gasteiger partial charge in [0.1, 0.15) is 48.0 Å². The Morgan fingerprint density at radius 3 is 1.94 bits per heavy atom. The Hall–Kier alpha value is -2.16. The molecule has 0 radical (unpaired) electrons. The zero-order chi connectivity index (χ0) is 46.8. The highest BCUT2D eigenvalue weighted by Gasteiger charge is 2.78. The van der Waals surface area contributed by atoms with Gasteiger partial charge in [0.05, 0.1) is 47.8 Å². The number of benzene rings is 1. The highest BCUT2D eigenvalue weighted by molar-refractivity contribution is 5.89. The molecule has 0 bridgehead atoms. The molecule has 3 saturated heterocycles. The van der Waals surface area contributed by atoms with Gasteiger partial charge in [-0.05, 0) is 108 Å². The van der Waals surface area contributed by atoms with Gasteiger partial charge in [-0.25, -0.2) is 4.79 Å². The number of Topliss-reactive ketones (excluding diaryl/α,β-unsaturated/α-hetero) is 1. The molecule has 0 unspecified atom stereocenters. The van der Waals surface area contributed by atoms with Crippen molar-refractivity contribution in [1.82, 2.24) is 0 Å². The van der Waals surface area contributed by atoms with E-state index < -0.39 is 114 Å². The van der Waals surface area contributed by atoms with Crippen LogP contribution in [0.5, 0.6) is 0 Å². The van der Waals surface area contributed by atoms with E-state index in [2.05, 4.69) is 6.92 Å². The normalized spacial score (nSPS) is 49.9. The van der Waals surface area contributed by atoms with E-state index in [-0.39, 0.29) is 36.2 Å². The summed E-state index contributed by atoms with van der Waals surface area (Å²) in [5.41, 5.74) is -4.26. The number of hydrogen-bond donors (Lipinski definition) is 4. The Labute approximate surface area is 383 Å². The highest BCUT2D eigenvalue weighted by atomic mass is 16.8. The Morgan fingerprint density at radius 1 is 0.692 bits per heavy atom. The molecule has 16 heteroatoms. The van der Waals surface area contributed by atoms with Crippen molar-refractivity contribution >= 4 is 11.8 Å². The summed E-state index contributed by atoms with van der Waals surface area (Å²) in [6.45, 7) is 11.1. The van der Waals surface area contributed by atoms with Crippen LogP contribution in [-0.2, 0) is 52.2 Å². The largest absolute Gasteiger partial charge is 0.458 e. The molecular formula is C49H74O16. The van der Waals surface area contributed by atoms with Crippen LogP contribution in [0.3, 0.4) is 0 Å². The Morgan fingerprint density at radius 2 is 1.32 bits per heavy atom. The van der Waals surface area contributed by atoms with Crippen LogP contribution in [0.4, 0.5) is 0 Å². The summed E-state index contributed by atoms with van der Waals surface area (Å²) in [7, 11) is 4.65. The second-order valence-corrected chi connectivity index (χ2v) is 20.7. The molecule has 1 aromatic rings. The number of hydrogen-bond acceptors (Lipinski definition) is 16. The van der Waals surface area contributed by atoms with Crippen molar-refractivity contribution in [2.75, 3.05) is 21.3 Å². The van der Waals surface area contributed by atoms with Crippen molar-refractivity contribution in [3.8, 4) is 0 Å². The lowest BCUT2D eigenvalue weighted by molar-refractivity contribution is -0.352. The fourth-order valence-corrected chi connectivity index (χ4v) is 13.9. The monoisotopic (exact) mass is 918 g/mol. The van der Waals surface area contributed by atoms with Crippen LogP contribution in [0.1, 0.15) is 116 Å². The first-order valence-corrected chi connectivity index (χ1v) is 23.9. The van der Waals surface area contributed by atoms with Gasteiger partial charge in [-0.1, -0.05) is 32.0 Å². The lowest BCUT2D eigenvalue weighted by Gasteiger charge is -2.68. The number of ether oxygens (including phenoxy) is 10. The van der Waals surface area contributed by atoms with Crippen molar-refractivity contribution in [2.24, 2.45) is 28.6 Å². The molecule has 3 aliphatic heterocycles. The molecular weight excluding hydrogens is 845 g/mol. The molecule has 0 spiro atoms. The number of rotatable bonds is 12. The molecule has 65 heavy (non-hydrogen) atoms. The van der Waals surface area contributed by atoms with Crippen molar-refractivity contribution in [3.63, 3.8) is 0 Å². The van der Waals surface area contributed by atoms with Gasteiger partial charge in [0, 0.05) is 45.5 Å². The van der Waals surface area contributed by atoms with E-state index in [1.165, 1.54) is 14.0 Å². The molecule has 4 aliphatic carbocycles. The number of aliphatic hydroxyl groups excluding tert-OH is 2. The van der Waals surface area contributed by atoms with Crippen LogP contribution in [0.15, 0.2) is 30.3 Å². The molecule has 3 heterocycles. The predicted molar refractivity (Wildman–Crippen MR) is 231 cm³/mol. The molecule has 0 aromatic heterocycles. The van der Waals surface area contributed by atoms with E-state index in [0.717, 1.165) is 12.8 Å². The first-order chi connectivity index (χ1) is 30.8. The number of methoxy groups -OCH3 is 3. The minimum Gasteiger partial charge on any atom is -0.458 e. The van der Waals surface area contributed by atoms with Crippen molar-refractivity contribution in [2.45, 2.75) is 209 Å². The first-order valence-electron chi connectivity index (χ1n) is 23.9. The van der Waals surface area contributed by atoms with E-state index >= 15 is 0 Å². The molecule has 7 aliphatic rings. The molecule has 366 valence electrons. The lowest BCUT2D eigenvalue weighted by atomic mass is 9.40. The van der Waals surface area contributed by atoms with Crippen LogP contribution in [0, 0.1) is 28.6 Å². The summed E-state index contributed by atoms with van der Waals surface area (Å²) in [5, 5.41) is 47.2. The summed E-state index contributed by atoms with van der Waals surface area (Å²) in [6.07, 6.45) is -4.89. The molecule has 7 fully saturated rings. The fraction of sp³-hybridized carbons (Fsp3) is 0.837. The first kappa shape index (κ1) is 49.3. The molecule has 4 saturated carbocycles. The number of aliphatic hydroxyl groups is 4. The van der Waals surface area contributed by atoms with Crippen molar-refractivity contribution in [1.29, 1.82) is 0 Å². The maximum absolute atomic E-state index is 13.7. The zero-order valence-corrected chi connectivity index (χ0v) is 39.5. The third kappa shape index (κ3) is 8.45. The average Bonchev–Trinajstić information content (AvgIpc) is 3.58. The maximum atomic E-state index is 13.7. The summed E-state index contributed by atoms with van der Waals surface area (Å²) < 4.78 is 61.9. The number of carbonyl (C=O) groups excluding carboxylic acids is 2. The third-order valence-electron chi connectivity index (χ3n) is 17.6. The van der Waals surface area contributed by atoms with Crippen LogP contribution in [-0.4, -0.2) is 157 Å². The SMILES string of the molecule is CO[C@@H]1[C@@H](O)[C@H](O[C@H]2[C@@H](OC)C[C@H](O[C@H]3[C@@H](OC)C[C@H](O[C@H]4CC[C@@]5(C)[C@H](CC[C@]6(O)[C@@H]5C[C@@H](OC(=O)c5ccccc5)[C@]5(C)[C@@H](C(C)=O)CC[C@@]56O)C4)O[C@@H]3C)O[C@@H]2C)O[C@H](C)[C@H]1O. The molecule has 0 amide bonds. The fourth-order valence-electron chi connectivity index (χ4n) is 13.9. The Balaban J connectivity index is 0.904. The van der Waals surface area contributed by atoms with E-state index in [4.69, 9.17) is 47.4 Å². The van der Waals surface area contributed by atoms with Gasteiger partial charge in [0.25, 0.3) is 0 Å². The second-order valence-electron chi connectivity index (χ2n) is 20.7. The smallest absolute Gasteiger partial charge is 0.338 e. The number of fused-ring (bicyclic) bond motifs is 5. The van der Waals surface area contributed by atoms with Gasteiger partial charge < -0.3 is 67.8 Å². The van der Waals surface area contributed by atoms with E-state index in [1.54, 1.807) is 45.4 Å². The summed E-state index contributed by atoms with van der Waals surface area (Å²) in [5.74, 6) is -1.36. The van der Waals surface area contributed by atoms with Crippen molar-refractivity contribution in [3.05, 3.63) is 35.9 Å². The second kappa shape index (κ2) is 19.0. The lowest BCUT2D eigenvalue weighted by Crippen LogP contribution is -2.76. The van der Waals surface area contributed by atoms with Crippen molar-refractivity contribution < 1.29 is 77.4 Å². The van der Waals surface area contributed by atoms with Gasteiger partial charge in [0.2, 0.25) is 0 Å². The molecule has 22 atom stereocenters. The van der Waals surface area contributed by atoms with Gasteiger partial charge in [-0.3, -0.25) is 4.79 Å². The third-order valence-corrected chi connectivity index (χ3v) is 17.6. The average molecular weight is 919 g/mol. The van der Waals surface area contributed by atoms with Crippen LogP contribution >= 0.6 is 0 Å². The number of esters is 1.